The molecule has 1 saturated heterocycles. The summed E-state index contributed by atoms with van der Waals surface area (Å²) in [4.78, 5) is 26.6. The predicted octanol–water partition coefficient (Wildman–Crippen LogP) is 3.30. The molecular weight excluding hydrogens is 302 g/mol. The van der Waals surface area contributed by atoms with Crippen LogP contribution in [0.15, 0.2) is 30.3 Å². The van der Waals surface area contributed by atoms with E-state index < -0.39 is 0 Å². The number of ether oxygens (including phenoxy) is 1. The Kier molecular flexibility index (Phi) is 4.93. The quantitative estimate of drug-likeness (QED) is 0.779. The lowest BCUT2D eigenvalue weighted by atomic mass is 9.85. The van der Waals surface area contributed by atoms with Gasteiger partial charge in [-0.1, -0.05) is 57.0 Å². The number of benzene rings is 1. The average molecular weight is 329 g/mol. The van der Waals surface area contributed by atoms with Crippen molar-refractivity contribution >= 4 is 11.9 Å². The summed E-state index contributed by atoms with van der Waals surface area (Å²) < 4.78 is 5.59. The Balaban J connectivity index is 1.55. The van der Waals surface area contributed by atoms with Gasteiger partial charge in [-0.2, -0.15) is 0 Å². The maximum absolute atomic E-state index is 12.4. The van der Waals surface area contributed by atoms with Gasteiger partial charge in [0.1, 0.15) is 6.61 Å². The molecule has 3 rings (SSSR count). The zero-order valence-corrected chi connectivity index (χ0v) is 14.7. The number of rotatable bonds is 5. The molecule has 1 aliphatic heterocycles. The van der Waals surface area contributed by atoms with Gasteiger partial charge in [-0.05, 0) is 18.4 Å². The van der Waals surface area contributed by atoms with Gasteiger partial charge in [0.25, 0.3) is 0 Å². The van der Waals surface area contributed by atoms with Crippen molar-refractivity contribution in [3.63, 3.8) is 0 Å². The van der Waals surface area contributed by atoms with Crippen LogP contribution in [0.25, 0.3) is 0 Å². The molecule has 1 aliphatic carbocycles. The van der Waals surface area contributed by atoms with Crippen molar-refractivity contribution in [2.24, 2.45) is 5.92 Å². The van der Waals surface area contributed by atoms with E-state index in [9.17, 15) is 9.59 Å². The average Bonchev–Trinajstić information content (AvgIpc) is 3.23. The number of hydrogen-bond acceptors (Lipinski definition) is 3. The second-order valence-electron chi connectivity index (χ2n) is 7.74. The molecule has 24 heavy (non-hydrogen) atoms. The minimum Gasteiger partial charge on any atom is -0.464 e. The summed E-state index contributed by atoms with van der Waals surface area (Å²) in [6, 6.07) is 10.4. The fraction of sp³-hybridized carbons (Fsp3) is 0.600. The fourth-order valence-electron chi connectivity index (χ4n) is 3.80. The highest BCUT2D eigenvalue weighted by Crippen LogP contribution is 2.30. The number of esters is 1. The topological polar surface area (TPSA) is 46.6 Å². The normalized spacial score (nSPS) is 22.2. The van der Waals surface area contributed by atoms with Crippen LogP contribution in [0.5, 0.6) is 0 Å². The SMILES string of the molecule is CC(C)(COC(=O)C1CC(=O)N(C2CCCC2)C1)c1ccccc1. The lowest BCUT2D eigenvalue weighted by molar-refractivity contribution is -0.150. The Morgan fingerprint density at radius 2 is 1.88 bits per heavy atom. The summed E-state index contributed by atoms with van der Waals surface area (Å²) in [5.74, 6) is -0.413. The molecule has 1 aromatic rings. The first-order valence-corrected chi connectivity index (χ1v) is 8.99. The van der Waals surface area contributed by atoms with Crippen LogP contribution in [-0.2, 0) is 19.7 Å². The van der Waals surface area contributed by atoms with Gasteiger partial charge >= 0.3 is 5.97 Å². The molecule has 0 bridgehead atoms. The third kappa shape index (κ3) is 3.63. The molecule has 1 unspecified atom stereocenters. The summed E-state index contributed by atoms with van der Waals surface area (Å²) in [6.07, 6.45) is 4.84. The molecule has 4 nitrogen and oxygen atoms in total. The Morgan fingerprint density at radius 3 is 2.54 bits per heavy atom. The molecule has 1 saturated carbocycles. The Hall–Kier alpha value is -1.84. The Bertz CT molecular complexity index is 590. The summed E-state index contributed by atoms with van der Waals surface area (Å²) in [7, 11) is 0. The van der Waals surface area contributed by atoms with Crippen LogP contribution < -0.4 is 0 Å². The summed E-state index contributed by atoms with van der Waals surface area (Å²) in [5.41, 5.74) is 0.915. The highest BCUT2D eigenvalue weighted by molar-refractivity contribution is 5.87. The van der Waals surface area contributed by atoms with Gasteiger partial charge in [-0.3, -0.25) is 9.59 Å². The largest absolute Gasteiger partial charge is 0.464 e. The molecule has 1 atom stereocenters. The standard InChI is InChI=1S/C20H27NO3/c1-20(2,16-8-4-3-5-9-16)14-24-19(23)15-12-18(22)21(13-15)17-10-6-7-11-17/h3-5,8-9,15,17H,6-7,10-14H2,1-2H3. The molecule has 4 heteroatoms. The van der Waals surface area contributed by atoms with Gasteiger partial charge in [0.15, 0.2) is 0 Å². The first-order valence-electron chi connectivity index (χ1n) is 8.99. The molecule has 0 spiro atoms. The molecule has 1 amide bonds. The van der Waals surface area contributed by atoms with E-state index in [2.05, 4.69) is 26.0 Å². The number of likely N-dealkylation sites (tertiary alicyclic amines) is 1. The monoisotopic (exact) mass is 329 g/mol. The Morgan fingerprint density at radius 1 is 1.21 bits per heavy atom. The summed E-state index contributed by atoms with van der Waals surface area (Å²) in [5, 5.41) is 0. The second-order valence-corrected chi connectivity index (χ2v) is 7.74. The molecule has 130 valence electrons. The van der Waals surface area contributed by atoms with Gasteiger partial charge in [-0.25, -0.2) is 0 Å². The lowest BCUT2D eigenvalue weighted by Gasteiger charge is -2.26. The van der Waals surface area contributed by atoms with E-state index in [-0.39, 0.29) is 23.2 Å². The van der Waals surface area contributed by atoms with E-state index in [1.54, 1.807) is 0 Å². The molecular formula is C20H27NO3. The van der Waals surface area contributed by atoms with Crippen molar-refractivity contribution in [1.82, 2.24) is 4.90 Å². The van der Waals surface area contributed by atoms with Crippen LogP contribution in [0.1, 0.15) is 51.5 Å². The van der Waals surface area contributed by atoms with E-state index in [1.807, 2.05) is 23.1 Å². The smallest absolute Gasteiger partial charge is 0.311 e. The van der Waals surface area contributed by atoms with Gasteiger partial charge in [0.05, 0.1) is 5.92 Å². The molecule has 1 heterocycles. The van der Waals surface area contributed by atoms with Crippen LogP contribution in [-0.4, -0.2) is 36.0 Å². The number of nitrogens with zero attached hydrogens (tertiary/aromatic N) is 1. The second kappa shape index (κ2) is 6.96. The van der Waals surface area contributed by atoms with Gasteiger partial charge in [-0.15, -0.1) is 0 Å². The van der Waals surface area contributed by atoms with Crippen molar-refractivity contribution in [2.75, 3.05) is 13.2 Å². The maximum Gasteiger partial charge on any atom is 0.311 e. The molecule has 1 aromatic carbocycles. The molecule has 2 aliphatic rings. The summed E-state index contributed by atoms with van der Waals surface area (Å²) in [6.45, 7) is 5.01. The van der Waals surface area contributed by atoms with Gasteiger partial charge in [0, 0.05) is 24.4 Å². The van der Waals surface area contributed by atoms with Crippen LogP contribution in [0.4, 0.5) is 0 Å². The third-order valence-electron chi connectivity index (χ3n) is 5.39. The number of hydrogen-bond donors (Lipinski definition) is 0. The number of amides is 1. The first kappa shape index (κ1) is 17.0. The maximum atomic E-state index is 12.4. The highest BCUT2D eigenvalue weighted by Gasteiger charge is 2.39. The summed E-state index contributed by atoms with van der Waals surface area (Å²) >= 11 is 0. The fourth-order valence-corrected chi connectivity index (χ4v) is 3.80. The van der Waals surface area contributed by atoms with Crippen LogP contribution in [0.3, 0.4) is 0 Å². The molecule has 0 radical (unpaired) electrons. The van der Waals surface area contributed by atoms with Crippen molar-refractivity contribution in [1.29, 1.82) is 0 Å². The van der Waals surface area contributed by atoms with E-state index in [0.29, 0.717) is 25.6 Å². The van der Waals surface area contributed by atoms with E-state index in [4.69, 9.17) is 4.74 Å². The van der Waals surface area contributed by atoms with Crippen LogP contribution in [0.2, 0.25) is 0 Å². The molecule has 0 aromatic heterocycles. The number of carbonyl (C=O) groups is 2. The predicted molar refractivity (Wildman–Crippen MR) is 92.5 cm³/mol. The number of carbonyl (C=O) groups excluding carboxylic acids is 2. The van der Waals surface area contributed by atoms with Crippen molar-refractivity contribution in [3.8, 4) is 0 Å². The zero-order valence-electron chi connectivity index (χ0n) is 14.7. The molecule has 2 fully saturated rings. The minimum atomic E-state index is -0.301. The minimum absolute atomic E-state index is 0.117. The van der Waals surface area contributed by atoms with E-state index in [0.717, 1.165) is 18.4 Å². The van der Waals surface area contributed by atoms with Crippen molar-refractivity contribution in [3.05, 3.63) is 35.9 Å². The van der Waals surface area contributed by atoms with Crippen molar-refractivity contribution < 1.29 is 14.3 Å². The van der Waals surface area contributed by atoms with Crippen LogP contribution >= 0.6 is 0 Å². The molecule has 0 N–H and O–H groups in total. The van der Waals surface area contributed by atoms with Crippen LogP contribution in [0, 0.1) is 5.92 Å². The van der Waals surface area contributed by atoms with E-state index >= 15 is 0 Å². The first-order chi connectivity index (χ1) is 11.5. The van der Waals surface area contributed by atoms with Crippen molar-refractivity contribution in [2.45, 2.75) is 57.4 Å². The van der Waals surface area contributed by atoms with Gasteiger partial charge in [0.2, 0.25) is 5.91 Å². The van der Waals surface area contributed by atoms with Gasteiger partial charge < -0.3 is 9.64 Å². The van der Waals surface area contributed by atoms with E-state index in [1.165, 1.54) is 12.8 Å². The highest BCUT2D eigenvalue weighted by atomic mass is 16.5. The zero-order chi connectivity index (χ0) is 17.2. The third-order valence-corrected chi connectivity index (χ3v) is 5.39. The lowest BCUT2D eigenvalue weighted by Crippen LogP contribution is -2.35. The Labute approximate surface area is 144 Å².